The normalized spacial score (nSPS) is 13.3. The van der Waals surface area contributed by atoms with Gasteiger partial charge in [0.15, 0.2) is 5.96 Å². The highest BCUT2D eigenvalue weighted by atomic mass is 127. The lowest BCUT2D eigenvalue weighted by molar-refractivity contribution is 0.305. The Kier molecular flexibility index (Phi) is 8.79. The van der Waals surface area contributed by atoms with Crippen molar-refractivity contribution >= 4 is 29.9 Å². The van der Waals surface area contributed by atoms with Gasteiger partial charge in [-0.3, -0.25) is 4.99 Å². The molecule has 0 saturated carbocycles. The first-order valence-corrected chi connectivity index (χ1v) is 7.20. The number of benzene rings is 1. The van der Waals surface area contributed by atoms with Gasteiger partial charge < -0.3 is 24.8 Å². The first-order valence-electron chi connectivity index (χ1n) is 7.20. The lowest BCUT2D eigenvalue weighted by atomic mass is 10.3. The van der Waals surface area contributed by atoms with Gasteiger partial charge in [0.2, 0.25) is 0 Å². The molecule has 0 radical (unpaired) electrons. The van der Waals surface area contributed by atoms with Crippen molar-refractivity contribution in [3.05, 3.63) is 18.2 Å². The summed E-state index contributed by atoms with van der Waals surface area (Å²) in [5.41, 5.74) is 0. The summed E-state index contributed by atoms with van der Waals surface area (Å²) in [7, 11) is 3.25. The molecule has 6 nitrogen and oxygen atoms in total. The molecular formula is C15H24IN3O3. The number of nitrogens with zero attached hydrogens (tertiary/aromatic N) is 1. The molecule has 0 spiro atoms. The van der Waals surface area contributed by atoms with Crippen LogP contribution in [0.15, 0.2) is 23.2 Å². The summed E-state index contributed by atoms with van der Waals surface area (Å²) >= 11 is 0. The molecule has 0 atom stereocenters. The van der Waals surface area contributed by atoms with Gasteiger partial charge in [0, 0.05) is 37.8 Å². The van der Waals surface area contributed by atoms with Gasteiger partial charge in [0.1, 0.15) is 17.2 Å². The zero-order valence-corrected chi connectivity index (χ0v) is 15.4. The van der Waals surface area contributed by atoms with Gasteiger partial charge in [0.05, 0.1) is 20.8 Å². The number of ether oxygens (including phenoxy) is 3. The summed E-state index contributed by atoms with van der Waals surface area (Å²) in [4.78, 5) is 4.35. The monoisotopic (exact) mass is 421 g/mol. The Labute approximate surface area is 148 Å². The summed E-state index contributed by atoms with van der Waals surface area (Å²) in [6.07, 6.45) is 1.99. The fraction of sp³-hybridized carbons (Fsp3) is 0.533. The van der Waals surface area contributed by atoms with Gasteiger partial charge in [-0.25, -0.2) is 0 Å². The van der Waals surface area contributed by atoms with Gasteiger partial charge in [-0.1, -0.05) is 0 Å². The van der Waals surface area contributed by atoms with Crippen LogP contribution in [0.2, 0.25) is 0 Å². The molecule has 2 N–H and O–H groups in total. The number of halogens is 1. The van der Waals surface area contributed by atoms with Crippen molar-refractivity contribution < 1.29 is 14.2 Å². The van der Waals surface area contributed by atoms with Gasteiger partial charge in [-0.2, -0.15) is 0 Å². The minimum Gasteiger partial charge on any atom is -0.496 e. The zero-order valence-electron chi connectivity index (χ0n) is 13.1. The van der Waals surface area contributed by atoms with E-state index in [9.17, 15) is 0 Å². The third kappa shape index (κ3) is 6.17. The van der Waals surface area contributed by atoms with Gasteiger partial charge >= 0.3 is 0 Å². The zero-order chi connectivity index (χ0) is 14.9. The van der Waals surface area contributed by atoms with Crippen molar-refractivity contribution in [3.63, 3.8) is 0 Å². The van der Waals surface area contributed by atoms with E-state index in [1.807, 2.05) is 18.2 Å². The molecule has 1 aliphatic rings. The van der Waals surface area contributed by atoms with Crippen LogP contribution in [0.5, 0.6) is 17.2 Å². The number of methoxy groups -OCH3 is 2. The van der Waals surface area contributed by atoms with Crippen molar-refractivity contribution in [3.8, 4) is 17.2 Å². The summed E-state index contributed by atoms with van der Waals surface area (Å²) in [5.74, 6) is 3.09. The van der Waals surface area contributed by atoms with Gasteiger partial charge in [-0.15, -0.1) is 24.0 Å². The molecule has 1 aliphatic heterocycles. The predicted octanol–water partition coefficient (Wildman–Crippen LogP) is 2.03. The van der Waals surface area contributed by atoms with Crippen LogP contribution >= 0.6 is 24.0 Å². The maximum absolute atomic E-state index is 5.72. The van der Waals surface area contributed by atoms with Crippen molar-refractivity contribution in [2.45, 2.75) is 12.8 Å². The minimum absolute atomic E-state index is 0. The largest absolute Gasteiger partial charge is 0.496 e. The lowest BCUT2D eigenvalue weighted by Gasteiger charge is -2.16. The lowest BCUT2D eigenvalue weighted by Crippen LogP contribution is -2.41. The first-order chi connectivity index (χ1) is 10.3. The highest BCUT2D eigenvalue weighted by molar-refractivity contribution is 14.0. The second-order valence-electron chi connectivity index (χ2n) is 4.69. The standard InChI is InChI=1S/C15H23N3O3.HI/c1-19-12-9-13(20-2)11-14(10-12)21-8-4-7-18-15-16-5-3-6-17-15;/h9-11H,3-8H2,1-2H3,(H2,16,17,18);1H. The van der Waals surface area contributed by atoms with Gasteiger partial charge in [0.25, 0.3) is 0 Å². The molecule has 0 unspecified atom stereocenters. The number of rotatable bonds is 7. The van der Waals surface area contributed by atoms with Crippen LogP contribution < -0.4 is 24.8 Å². The molecule has 22 heavy (non-hydrogen) atoms. The molecule has 1 heterocycles. The molecule has 0 aliphatic carbocycles. The summed E-state index contributed by atoms with van der Waals surface area (Å²) in [6, 6.07) is 5.52. The fourth-order valence-corrected chi connectivity index (χ4v) is 1.98. The van der Waals surface area contributed by atoms with E-state index in [1.165, 1.54) is 0 Å². The van der Waals surface area contributed by atoms with Crippen molar-refractivity contribution in [2.24, 2.45) is 4.99 Å². The second kappa shape index (κ2) is 10.4. The Bertz CT molecular complexity index is 461. The quantitative estimate of drug-likeness (QED) is 0.521. The third-order valence-corrected chi connectivity index (χ3v) is 3.10. The van der Waals surface area contributed by atoms with Crippen LogP contribution in [0.4, 0.5) is 0 Å². The number of nitrogens with one attached hydrogen (secondary N) is 2. The predicted molar refractivity (Wildman–Crippen MR) is 98.0 cm³/mol. The minimum atomic E-state index is 0. The Morgan fingerprint density at radius 2 is 1.82 bits per heavy atom. The van der Waals surface area contributed by atoms with Crippen LogP contribution in [0.3, 0.4) is 0 Å². The Morgan fingerprint density at radius 1 is 1.14 bits per heavy atom. The smallest absolute Gasteiger partial charge is 0.191 e. The van der Waals surface area contributed by atoms with Gasteiger partial charge in [-0.05, 0) is 12.8 Å². The average Bonchev–Trinajstić information content (AvgIpc) is 2.55. The van der Waals surface area contributed by atoms with E-state index < -0.39 is 0 Å². The van der Waals surface area contributed by atoms with E-state index >= 15 is 0 Å². The molecule has 0 bridgehead atoms. The van der Waals surface area contributed by atoms with E-state index in [-0.39, 0.29) is 24.0 Å². The van der Waals surface area contributed by atoms with E-state index in [0.717, 1.165) is 55.7 Å². The van der Waals surface area contributed by atoms with Crippen LogP contribution in [-0.2, 0) is 0 Å². The van der Waals surface area contributed by atoms with Crippen LogP contribution in [0.1, 0.15) is 12.8 Å². The topological polar surface area (TPSA) is 64.1 Å². The number of guanidine groups is 1. The number of aliphatic imine (C=N–C) groups is 1. The molecule has 124 valence electrons. The highest BCUT2D eigenvalue weighted by Crippen LogP contribution is 2.27. The maximum Gasteiger partial charge on any atom is 0.191 e. The molecule has 1 aromatic carbocycles. The summed E-state index contributed by atoms with van der Waals surface area (Å²) in [5, 5.41) is 6.49. The molecule has 0 fully saturated rings. The Balaban J connectivity index is 0.00000242. The Hall–Kier alpha value is -1.38. The average molecular weight is 421 g/mol. The molecule has 2 rings (SSSR count). The van der Waals surface area contributed by atoms with E-state index in [2.05, 4.69) is 15.6 Å². The maximum atomic E-state index is 5.72. The molecular weight excluding hydrogens is 397 g/mol. The third-order valence-electron chi connectivity index (χ3n) is 3.10. The van der Waals surface area contributed by atoms with Crippen LogP contribution in [0.25, 0.3) is 0 Å². The molecule has 7 heteroatoms. The first kappa shape index (κ1) is 18.7. The number of hydrogen-bond donors (Lipinski definition) is 2. The molecule has 1 aromatic rings. The van der Waals surface area contributed by atoms with Crippen molar-refractivity contribution in [1.82, 2.24) is 10.6 Å². The number of hydrogen-bond acceptors (Lipinski definition) is 6. The molecule has 0 amide bonds. The van der Waals surface area contributed by atoms with Crippen molar-refractivity contribution in [2.75, 3.05) is 40.5 Å². The molecule has 0 aromatic heterocycles. The second-order valence-corrected chi connectivity index (χ2v) is 4.69. The van der Waals surface area contributed by atoms with Crippen LogP contribution in [0, 0.1) is 0 Å². The fourth-order valence-electron chi connectivity index (χ4n) is 1.98. The van der Waals surface area contributed by atoms with E-state index in [1.54, 1.807) is 14.2 Å². The van der Waals surface area contributed by atoms with E-state index in [0.29, 0.717) is 6.61 Å². The summed E-state index contributed by atoms with van der Waals surface area (Å²) in [6.45, 7) is 3.34. The molecule has 0 saturated heterocycles. The van der Waals surface area contributed by atoms with Crippen molar-refractivity contribution in [1.29, 1.82) is 0 Å². The SMILES string of the molecule is COc1cc(OC)cc(OCCCNC2=NCCCN2)c1.I. The summed E-state index contributed by atoms with van der Waals surface area (Å²) < 4.78 is 16.1. The van der Waals surface area contributed by atoms with E-state index in [4.69, 9.17) is 14.2 Å². The Morgan fingerprint density at radius 3 is 2.41 bits per heavy atom. The van der Waals surface area contributed by atoms with Crippen LogP contribution in [-0.4, -0.2) is 46.4 Å². The highest BCUT2D eigenvalue weighted by Gasteiger charge is 2.04.